The summed E-state index contributed by atoms with van der Waals surface area (Å²) in [4.78, 5) is 28.1. The fraction of sp³-hybridized carbons (Fsp3) is 0.167. The normalized spacial score (nSPS) is 10.6. The first kappa shape index (κ1) is 17.0. The van der Waals surface area contributed by atoms with Gasteiger partial charge in [-0.25, -0.2) is 9.78 Å². The second-order valence-electron chi connectivity index (χ2n) is 5.31. The van der Waals surface area contributed by atoms with Crippen LogP contribution < -0.4 is 5.32 Å². The van der Waals surface area contributed by atoms with Crippen LogP contribution in [0.1, 0.15) is 15.9 Å². The Hall–Kier alpha value is -2.80. The molecule has 0 bridgehead atoms. The third kappa shape index (κ3) is 4.00. The van der Waals surface area contributed by atoms with E-state index in [4.69, 9.17) is 9.15 Å². The molecule has 0 fully saturated rings. The summed E-state index contributed by atoms with van der Waals surface area (Å²) in [7, 11) is 1.32. The smallest absolute Gasteiger partial charge is 0.337 e. The lowest BCUT2D eigenvalue weighted by molar-refractivity contribution is -0.113. The maximum Gasteiger partial charge on any atom is 0.337 e. The number of nitrogens with zero attached hydrogens (tertiary/aromatic N) is 1. The maximum absolute atomic E-state index is 12.2. The van der Waals surface area contributed by atoms with Gasteiger partial charge in [0.2, 0.25) is 5.91 Å². The number of thioether (sulfide) groups is 1. The minimum Gasteiger partial charge on any atom is -0.465 e. The molecule has 1 N–H and O–H groups in total. The number of oxazole rings is 1. The predicted octanol–water partition coefficient (Wildman–Crippen LogP) is 3.65. The van der Waals surface area contributed by atoms with Crippen LogP contribution in [0.2, 0.25) is 0 Å². The molecule has 3 rings (SSSR count). The van der Waals surface area contributed by atoms with E-state index in [-0.39, 0.29) is 11.7 Å². The lowest BCUT2D eigenvalue weighted by Crippen LogP contribution is -2.15. The van der Waals surface area contributed by atoms with Gasteiger partial charge in [0.1, 0.15) is 5.52 Å². The van der Waals surface area contributed by atoms with Gasteiger partial charge >= 0.3 is 5.97 Å². The number of ether oxygens (including phenoxy) is 1. The second-order valence-corrected chi connectivity index (χ2v) is 6.23. The topological polar surface area (TPSA) is 81.4 Å². The number of methoxy groups -OCH3 is 1. The standard InChI is InChI=1S/C18H16N2O4S/c1-11-7-8-12(17(22)23-2)9-14(11)19-16(21)10-25-18-20-13-5-3-4-6-15(13)24-18/h3-9H,10H2,1-2H3,(H,19,21). The highest BCUT2D eigenvalue weighted by Gasteiger charge is 2.12. The minimum atomic E-state index is -0.448. The Balaban J connectivity index is 1.65. The Morgan fingerprint density at radius 2 is 2.04 bits per heavy atom. The molecule has 0 atom stereocenters. The quantitative estimate of drug-likeness (QED) is 0.555. The average molecular weight is 356 g/mol. The van der Waals surface area contributed by atoms with Crippen molar-refractivity contribution in [2.45, 2.75) is 12.1 Å². The Morgan fingerprint density at radius 1 is 1.24 bits per heavy atom. The molecule has 0 saturated heterocycles. The van der Waals surface area contributed by atoms with Crippen LogP contribution in [0.5, 0.6) is 0 Å². The van der Waals surface area contributed by atoms with Gasteiger partial charge in [-0.2, -0.15) is 0 Å². The molecule has 6 nitrogen and oxygen atoms in total. The van der Waals surface area contributed by atoms with Gasteiger partial charge in [0.15, 0.2) is 5.58 Å². The zero-order chi connectivity index (χ0) is 17.8. The Bertz CT molecular complexity index is 903. The van der Waals surface area contributed by atoms with E-state index in [9.17, 15) is 9.59 Å². The van der Waals surface area contributed by atoms with Gasteiger partial charge in [0, 0.05) is 5.69 Å². The number of para-hydroxylation sites is 2. The van der Waals surface area contributed by atoms with Crippen molar-refractivity contribution in [3.63, 3.8) is 0 Å². The number of anilines is 1. The Morgan fingerprint density at radius 3 is 2.80 bits per heavy atom. The van der Waals surface area contributed by atoms with Crippen LogP contribution in [0.15, 0.2) is 52.1 Å². The van der Waals surface area contributed by atoms with E-state index < -0.39 is 5.97 Å². The maximum atomic E-state index is 12.2. The van der Waals surface area contributed by atoms with Gasteiger partial charge < -0.3 is 14.5 Å². The van der Waals surface area contributed by atoms with E-state index in [1.807, 2.05) is 31.2 Å². The van der Waals surface area contributed by atoms with Crippen molar-refractivity contribution in [3.8, 4) is 0 Å². The molecule has 0 aliphatic heterocycles. The predicted molar refractivity (Wildman–Crippen MR) is 95.9 cm³/mol. The van der Waals surface area contributed by atoms with E-state index in [0.717, 1.165) is 11.1 Å². The molecule has 0 radical (unpaired) electrons. The number of carbonyl (C=O) groups is 2. The second kappa shape index (κ2) is 7.40. The van der Waals surface area contributed by atoms with Crippen molar-refractivity contribution < 1.29 is 18.7 Å². The molecule has 128 valence electrons. The summed E-state index contributed by atoms with van der Waals surface area (Å²) in [5.41, 5.74) is 3.26. The van der Waals surface area contributed by atoms with Gasteiger partial charge in [-0.15, -0.1) is 0 Å². The summed E-state index contributed by atoms with van der Waals surface area (Å²) < 4.78 is 10.3. The van der Waals surface area contributed by atoms with Gasteiger partial charge in [-0.05, 0) is 36.8 Å². The summed E-state index contributed by atoms with van der Waals surface area (Å²) in [6, 6.07) is 12.4. The zero-order valence-electron chi connectivity index (χ0n) is 13.7. The molecule has 2 aromatic carbocycles. The number of amides is 1. The largest absolute Gasteiger partial charge is 0.465 e. The van der Waals surface area contributed by atoms with Crippen LogP contribution in [0.4, 0.5) is 5.69 Å². The van der Waals surface area contributed by atoms with Crippen molar-refractivity contribution in [2.24, 2.45) is 0 Å². The highest BCUT2D eigenvalue weighted by atomic mass is 32.2. The van der Waals surface area contributed by atoms with Gasteiger partial charge in [0.25, 0.3) is 5.22 Å². The van der Waals surface area contributed by atoms with E-state index in [1.54, 1.807) is 18.2 Å². The number of fused-ring (bicyclic) bond motifs is 1. The molecule has 1 amide bonds. The lowest BCUT2D eigenvalue weighted by Gasteiger charge is -2.09. The van der Waals surface area contributed by atoms with Crippen molar-refractivity contribution in [2.75, 3.05) is 18.2 Å². The summed E-state index contributed by atoms with van der Waals surface area (Å²) in [6.07, 6.45) is 0. The number of benzene rings is 2. The number of hydrogen-bond donors (Lipinski definition) is 1. The number of rotatable bonds is 5. The summed E-state index contributed by atoms with van der Waals surface area (Å²) >= 11 is 1.21. The van der Waals surface area contributed by atoms with Crippen LogP contribution in [-0.2, 0) is 9.53 Å². The van der Waals surface area contributed by atoms with Crippen molar-refractivity contribution >= 4 is 40.4 Å². The van der Waals surface area contributed by atoms with Crippen LogP contribution >= 0.6 is 11.8 Å². The van der Waals surface area contributed by atoms with Gasteiger partial charge in [-0.1, -0.05) is 30.0 Å². The monoisotopic (exact) mass is 356 g/mol. The van der Waals surface area contributed by atoms with Crippen LogP contribution in [-0.4, -0.2) is 29.7 Å². The average Bonchev–Trinajstić information content (AvgIpc) is 3.04. The van der Waals surface area contributed by atoms with E-state index in [0.29, 0.717) is 22.1 Å². The number of esters is 1. The van der Waals surface area contributed by atoms with Crippen LogP contribution in [0.3, 0.4) is 0 Å². The van der Waals surface area contributed by atoms with Crippen LogP contribution in [0.25, 0.3) is 11.1 Å². The summed E-state index contributed by atoms with van der Waals surface area (Å²) in [5.74, 6) is -0.511. The molecule has 0 saturated carbocycles. The summed E-state index contributed by atoms with van der Waals surface area (Å²) in [5, 5.41) is 3.24. The molecule has 0 aliphatic rings. The molecule has 0 spiro atoms. The Kier molecular flexibility index (Phi) is 5.04. The molecule has 0 unspecified atom stereocenters. The molecular formula is C18H16N2O4S. The summed E-state index contributed by atoms with van der Waals surface area (Å²) in [6.45, 7) is 1.85. The van der Waals surface area contributed by atoms with Gasteiger partial charge in [0.05, 0.1) is 18.4 Å². The van der Waals surface area contributed by atoms with Crippen molar-refractivity contribution in [1.82, 2.24) is 4.98 Å². The molecule has 3 aromatic rings. The molecule has 1 heterocycles. The van der Waals surface area contributed by atoms with Crippen molar-refractivity contribution in [3.05, 3.63) is 53.6 Å². The van der Waals surface area contributed by atoms with Crippen LogP contribution in [0, 0.1) is 6.92 Å². The molecule has 25 heavy (non-hydrogen) atoms. The molecule has 0 aliphatic carbocycles. The first-order valence-corrected chi connectivity index (χ1v) is 8.52. The fourth-order valence-electron chi connectivity index (χ4n) is 2.23. The highest BCUT2D eigenvalue weighted by molar-refractivity contribution is 7.99. The van der Waals surface area contributed by atoms with Crippen molar-refractivity contribution in [1.29, 1.82) is 0 Å². The SMILES string of the molecule is COC(=O)c1ccc(C)c(NC(=O)CSc2nc3ccccc3o2)c1. The minimum absolute atomic E-state index is 0.148. The van der Waals surface area contributed by atoms with Gasteiger partial charge in [-0.3, -0.25) is 4.79 Å². The third-order valence-electron chi connectivity index (χ3n) is 3.53. The lowest BCUT2D eigenvalue weighted by atomic mass is 10.1. The molecular weight excluding hydrogens is 340 g/mol. The molecule has 1 aromatic heterocycles. The highest BCUT2D eigenvalue weighted by Crippen LogP contribution is 2.24. The molecule has 7 heteroatoms. The Labute approximate surface area is 148 Å². The number of aromatic nitrogens is 1. The van der Waals surface area contributed by atoms with E-state index in [1.165, 1.54) is 18.9 Å². The number of aryl methyl sites for hydroxylation is 1. The number of carbonyl (C=O) groups excluding carboxylic acids is 2. The first-order chi connectivity index (χ1) is 12.1. The first-order valence-electron chi connectivity index (χ1n) is 7.54. The number of nitrogens with one attached hydrogen (secondary N) is 1. The number of hydrogen-bond acceptors (Lipinski definition) is 6. The fourth-order valence-corrected chi connectivity index (χ4v) is 2.87. The third-order valence-corrected chi connectivity index (χ3v) is 4.36. The van der Waals surface area contributed by atoms with E-state index >= 15 is 0 Å². The zero-order valence-corrected chi connectivity index (χ0v) is 14.6. The van der Waals surface area contributed by atoms with E-state index in [2.05, 4.69) is 10.3 Å².